The molecule has 1 saturated heterocycles. The number of halogens is 3. The van der Waals surface area contributed by atoms with E-state index in [-0.39, 0.29) is 17.2 Å². The maximum absolute atomic E-state index is 12.9. The van der Waals surface area contributed by atoms with Crippen LogP contribution in [0, 0.1) is 0 Å². The Bertz CT molecular complexity index is 1100. The van der Waals surface area contributed by atoms with E-state index < -0.39 is 17.5 Å². The van der Waals surface area contributed by atoms with Crippen molar-refractivity contribution in [1.29, 1.82) is 0 Å². The Kier molecular flexibility index (Phi) is 3.92. The van der Waals surface area contributed by atoms with Crippen LogP contribution in [0.2, 0.25) is 0 Å². The Morgan fingerprint density at radius 1 is 1.14 bits per heavy atom. The van der Waals surface area contributed by atoms with Crippen molar-refractivity contribution < 1.29 is 23.0 Å². The standard InChI is InChI=1S/C20H17F3N4O2/c21-20(22,23)11-1-2-14(16(28)7-11)17-13-3-6-24-9-15(13)18(27-26-17)25-12-8-19(4-5-19)29-10-12/h1-3,6-7,9,12,28H,4-5,8,10H2,(H,25,27). The molecule has 150 valence electrons. The molecule has 5 rings (SSSR count). The Labute approximate surface area is 163 Å². The lowest BCUT2D eigenvalue weighted by atomic mass is 10.0. The summed E-state index contributed by atoms with van der Waals surface area (Å²) >= 11 is 0. The molecule has 1 saturated carbocycles. The van der Waals surface area contributed by atoms with Crippen molar-refractivity contribution >= 4 is 16.6 Å². The van der Waals surface area contributed by atoms with E-state index >= 15 is 0 Å². The van der Waals surface area contributed by atoms with Gasteiger partial charge in [0.2, 0.25) is 0 Å². The molecule has 2 N–H and O–H groups in total. The molecule has 3 aromatic rings. The Hall–Kier alpha value is -2.94. The summed E-state index contributed by atoms with van der Waals surface area (Å²) in [6.07, 6.45) is 1.70. The predicted molar refractivity (Wildman–Crippen MR) is 99.4 cm³/mol. The van der Waals surface area contributed by atoms with Crippen LogP contribution in [0.15, 0.2) is 36.7 Å². The third kappa shape index (κ3) is 3.25. The Morgan fingerprint density at radius 3 is 2.66 bits per heavy atom. The molecule has 29 heavy (non-hydrogen) atoms. The maximum Gasteiger partial charge on any atom is 0.416 e. The van der Waals surface area contributed by atoms with E-state index in [1.165, 1.54) is 6.07 Å². The van der Waals surface area contributed by atoms with E-state index in [9.17, 15) is 18.3 Å². The fourth-order valence-corrected chi connectivity index (χ4v) is 3.83. The summed E-state index contributed by atoms with van der Waals surface area (Å²) in [5.74, 6) is 0.0300. The number of nitrogens with zero attached hydrogens (tertiary/aromatic N) is 3. The van der Waals surface area contributed by atoms with Crippen LogP contribution in [0.3, 0.4) is 0 Å². The molecule has 1 unspecified atom stereocenters. The van der Waals surface area contributed by atoms with Crippen LogP contribution in [-0.4, -0.2) is 38.5 Å². The third-order valence-corrected chi connectivity index (χ3v) is 5.52. The molecule has 0 radical (unpaired) electrons. The zero-order chi connectivity index (χ0) is 20.2. The highest BCUT2D eigenvalue weighted by Crippen LogP contribution is 2.48. The third-order valence-electron chi connectivity index (χ3n) is 5.52. The number of hydrogen-bond donors (Lipinski definition) is 2. The summed E-state index contributed by atoms with van der Waals surface area (Å²) < 4.78 is 44.5. The number of anilines is 1. The van der Waals surface area contributed by atoms with Gasteiger partial charge in [-0.2, -0.15) is 13.2 Å². The Balaban J connectivity index is 1.53. The topological polar surface area (TPSA) is 80.2 Å². The summed E-state index contributed by atoms with van der Waals surface area (Å²) in [6.45, 7) is 0.588. The molecule has 1 aromatic carbocycles. The molecule has 9 heteroatoms. The van der Waals surface area contributed by atoms with Gasteiger partial charge in [0.15, 0.2) is 5.82 Å². The number of aromatic hydroxyl groups is 1. The van der Waals surface area contributed by atoms with Gasteiger partial charge in [0, 0.05) is 28.7 Å². The SMILES string of the molecule is Oc1cc(C(F)(F)F)ccc1-c1nnc(NC2COC3(CC3)C2)c2cnccc12. The first-order chi connectivity index (χ1) is 13.8. The second-order valence-corrected chi connectivity index (χ2v) is 7.59. The van der Waals surface area contributed by atoms with Crippen molar-refractivity contribution in [2.45, 2.75) is 37.1 Å². The second kappa shape index (κ2) is 6.28. The number of pyridine rings is 1. The fraction of sp³-hybridized carbons (Fsp3) is 0.350. The van der Waals surface area contributed by atoms with Crippen LogP contribution in [-0.2, 0) is 10.9 Å². The average molecular weight is 402 g/mol. The molecule has 1 aliphatic heterocycles. The van der Waals surface area contributed by atoms with Crippen LogP contribution in [0.5, 0.6) is 5.75 Å². The van der Waals surface area contributed by atoms with Crippen molar-refractivity contribution in [3.8, 4) is 17.0 Å². The van der Waals surface area contributed by atoms with Crippen LogP contribution < -0.4 is 5.32 Å². The van der Waals surface area contributed by atoms with Gasteiger partial charge in [-0.25, -0.2) is 0 Å². The van der Waals surface area contributed by atoms with E-state index in [1.807, 2.05) is 0 Å². The van der Waals surface area contributed by atoms with Gasteiger partial charge in [0.1, 0.15) is 11.4 Å². The van der Waals surface area contributed by atoms with E-state index in [2.05, 4.69) is 20.5 Å². The quantitative estimate of drug-likeness (QED) is 0.685. The summed E-state index contributed by atoms with van der Waals surface area (Å²) in [5, 5.41) is 23.3. The monoisotopic (exact) mass is 402 g/mol. The Morgan fingerprint density at radius 2 is 1.97 bits per heavy atom. The van der Waals surface area contributed by atoms with Gasteiger partial charge in [-0.1, -0.05) is 0 Å². The molecule has 3 heterocycles. The first-order valence-corrected chi connectivity index (χ1v) is 9.26. The second-order valence-electron chi connectivity index (χ2n) is 7.59. The highest BCUT2D eigenvalue weighted by atomic mass is 19.4. The zero-order valence-corrected chi connectivity index (χ0v) is 15.2. The van der Waals surface area contributed by atoms with Crippen LogP contribution in [0.1, 0.15) is 24.8 Å². The lowest BCUT2D eigenvalue weighted by molar-refractivity contribution is -0.137. The lowest BCUT2D eigenvalue weighted by Crippen LogP contribution is -2.21. The van der Waals surface area contributed by atoms with Gasteiger partial charge >= 0.3 is 6.18 Å². The number of ether oxygens (including phenoxy) is 1. The molecule has 1 atom stereocenters. The number of alkyl halides is 3. The van der Waals surface area contributed by atoms with E-state index in [4.69, 9.17) is 4.74 Å². The van der Waals surface area contributed by atoms with Gasteiger partial charge in [-0.15, -0.1) is 10.2 Å². The minimum atomic E-state index is -4.54. The number of benzene rings is 1. The summed E-state index contributed by atoms with van der Waals surface area (Å²) in [6, 6.07) is 4.63. The van der Waals surface area contributed by atoms with Crippen molar-refractivity contribution in [1.82, 2.24) is 15.2 Å². The molecule has 6 nitrogen and oxygen atoms in total. The highest BCUT2D eigenvalue weighted by molar-refractivity contribution is 6.00. The molecule has 0 bridgehead atoms. The van der Waals surface area contributed by atoms with Crippen molar-refractivity contribution in [3.05, 3.63) is 42.2 Å². The molecule has 2 fully saturated rings. The molecule has 2 aliphatic rings. The van der Waals surface area contributed by atoms with E-state index in [0.29, 0.717) is 35.0 Å². The van der Waals surface area contributed by atoms with Crippen molar-refractivity contribution in [2.75, 3.05) is 11.9 Å². The lowest BCUT2D eigenvalue weighted by Gasteiger charge is -2.15. The first kappa shape index (κ1) is 18.1. The highest BCUT2D eigenvalue weighted by Gasteiger charge is 2.50. The van der Waals surface area contributed by atoms with Gasteiger partial charge in [-0.05, 0) is 43.5 Å². The number of fused-ring (bicyclic) bond motifs is 1. The largest absolute Gasteiger partial charge is 0.507 e. The van der Waals surface area contributed by atoms with Crippen LogP contribution in [0.25, 0.3) is 22.0 Å². The minimum absolute atomic E-state index is 0.0190. The fourth-order valence-electron chi connectivity index (χ4n) is 3.83. The number of phenols is 1. The average Bonchev–Trinajstić information content (AvgIpc) is 3.33. The number of nitrogens with one attached hydrogen (secondary N) is 1. The van der Waals surface area contributed by atoms with Gasteiger partial charge < -0.3 is 15.2 Å². The van der Waals surface area contributed by atoms with Gasteiger partial charge in [0.05, 0.1) is 23.8 Å². The summed E-state index contributed by atoms with van der Waals surface area (Å²) in [5.41, 5.74) is -0.438. The van der Waals surface area contributed by atoms with E-state index in [1.54, 1.807) is 18.5 Å². The smallest absolute Gasteiger partial charge is 0.416 e. The van der Waals surface area contributed by atoms with Gasteiger partial charge in [-0.3, -0.25) is 4.98 Å². The molecule has 1 aliphatic carbocycles. The number of hydrogen-bond acceptors (Lipinski definition) is 6. The van der Waals surface area contributed by atoms with Crippen LogP contribution >= 0.6 is 0 Å². The van der Waals surface area contributed by atoms with Crippen LogP contribution in [0.4, 0.5) is 19.0 Å². The molecular weight excluding hydrogens is 385 g/mol. The summed E-state index contributed by atoms with van der Waals surface area (Å²) in [4.78, 5) is 4.14. The molecular formula is C20H17F3N4O2. The van der Waals surface area contributed by atoms with Crippen molar-refractivity contribution in [3.63, 3.8) is 0 Å². The van der Waals surface area contributed by atoms with Crippen molar-refractivity contribution in [2.24, 2.45) is 0 Å². The zero-order valence-electron chi connectivity index (χ0n) is 15.2. The minimum Gasteiger partial charge on any atom is -0.507 e. The number of rotatable bonds is 3. The maximum atomic E-state index is 12.9. The molecule has 1 spiro atoms. The first-order valence-electron chi connectivity index (χ1n) is 9.26. The van der Waals surface area contributed by atoms with Gasteiger partial charge in [0.25, 0.3) is 0 Å². The predicted octanol–water partition coefficient (Wildman–Crippen LogP) is 4.15. The molecule has 2 aromatic heterocycles. The van der Waals surface area contributed by atoms with E-state index in [0.717, 1.165) is 25.3 Å². The number of aromatic nitrogens is 3. The molecule has 0 amide bonds. The summed E-state index contributed by atoms with van der Waals surface area (Å²) in [7, 11) is 0. The number of phenolic OH excluding ortho intramolecular Hbond substituents is 1. The normalized spacial score (nSPS) is 20.3.